The van der Waals surface area contributed by atoms with Gasteiger partial charge in [-0.2, -0.15) is 5.10 Å². The summed E-state index contributed by atoms with van der Waals surface area (Å²) >= 11 is 0. The number of nitrogens with one attached hydrogen (secondary N) is 1. The van der Waals surface area contributed by atoms with E-state index in [1.165, 1.54) is 11.3 Å². The fourth-order valence-electron chi connectivity index (χ4n) is 2.16. The monoisotopic (exact) mass is 259 g/mol. The number of methoxy groups -OCH3 is 1. The van der Waals surface area contributed by atoms with Gasteiger partial charge in [0.2, 0.25) is 0 Å². The molecule has 0 unspecified atom stereocenters. The molecule has 0 aliphatic carbocycles. The Morgan fingerprint density at radius 1 is 1.21 bits per heavy atom. The predicted octanol–water partition coefficient (Wildman–Crippen LogP) is 2.61. The third-order valence-corrected chi connectivity index (χ3v) is 3.31. The third kappa shape index (κ3) is 2.79. The molecule has 0 amide bonds. The molecule has 2 rings (SSSR count). The molecule has 2 aromatic rings. The van der Waals surface area contributed by atoms with E-state index in [9.17, 15) is 0 Å². The van der Waals surface area contributed by atoms with E-state index < -0.39 is 0 Å². The second-order valence-corrected chi connectivity index (χ2v) is 4.54. The van der Waals surface area contributed by atoms with Crippen molar-refractivity contribution in [2.24, 2.45) is 0 Å². The van der Waals surface area contributed by atoms with Crippen molar-refractivity contribution >= 4 is 0 Å². The number of aryl methyl sites for hydroxylation is 1. The Bertz CT molecular complexity index is 543. The molecule has 0 saturated carbocycles. The van der Waals surface area contributed by atoms with E-state index >= 15 is 0 Å². The summed E-state index contributed by atoms with van der Waals surface area (Å²) in [6.45, 7) is 8.10. The van der Waals surface area contributed by atoms with E-state index in [4.69, 9.17) is 4.74 Å². The first-order valence-electron chi connectivity index (χ1n) is 6.57. The molecule has 1 heterocycles. The lowest BCUT2D eigenvalue weighted by molar-refractivity contribution is 0.414. The van der Waals surface area contributed by atoms with Crippen molar-refractivity contribution in [3.05, 3.63) is 41.2 Å². The van der Waals surface area contributed by atoms with Crippen molar-refractivity contribution in [2.45, 2.75) is 27.3 Å². The highest BCUT2D eigenvalue weighted by Crippen LogP contribution is 2.20. The maximum Gasteiger partial charge on any atom is 0.119 e. The Labute approximate surface area is 114 Å². The lowest BCUT2D eigenvalue weighted by Gasteiger charge is -2.07. The highest BCUT2D eigenvalue weighted by Gasteiger charge is 2.12. The average molecular weight is 259 g/mol. The van der Waals surface area contributed by atoms with Crippen molar-refractivity contribution in [3.8, 4) is 11.4 Å². The van der Waals surface area contributed by atoms with Gasteiger partial charge >= 0.3 is 0 Å². The Kier molecular flexibility index (Phi) is 4.22. The zero-order chi connectivity index (χ0) is 13.8. The summed E-state index contributed by atoms with van der Waals surface area (Å²) in [5.41, 5.74) is 4.60. The number of rotatable bonds is 5. The van der Waals surface area contributed by atoms with Crippen molar-refractivity contribution < 1.29 is 4.74 Å². The smallest absolute Gasteiger partial charge is 0.119 e. The van der Waals surface area contributed by atoms with Crippen LogP contribution in [0.15, 0.2) is 24.3 Å². The molecule has 0 fully saturated rings. The molecule has 0 spiro atoms. The van der Waals surface area contributed by atoms with Crippen LogP contribution in [-0.4, -0.2) is 23.4 Å². The first kappa shape index (κ1) is 13.6. The second kappa shape index (κ2) is 5.89. The van der Waals surface area contributed by atoms with Crippen LogP contribution in [0.25, 0.3) is 5.69 Å². The van der Waals surface area contributed by atoms with Crippen molar-refractivity contribution in [3.63, 3.8) is 0 Å². The summed E-state index contributed by atoms with van der Waals surface area (Å²) in [6.07, 6.45) is 0. The topological polar surface area (TPSA) is 39.1 Å². The minimum Gasteiger partial charge on any atom is -0.497 e. The van der Waals surface area contributed by atoms with Gasteiger partial charge in [0.25, 0.3) is 0 Å². The molecule has 0 bridgehead atoms. The maximum atomic E-state index is 5.18. The highest BCUT2D eigenvalue weighted by molar-refractivity contribution is 5.40. The summed E-state index contributed by atoms with van der Waals surface area (Å²) in [5.74, 6) is 0.859. The van der Waals surface area contributed by atoms with Crippen molar-refractivity contribution in [1.29, 1.82) is 0 Å². The molecule has 19 heavy (non-hydrogen) atoms. The summed E-state index contributed by atoms with van der Waals surface area (Å²) in [5, 5.41) is 7.98. The fourth-order valence-corrected chi connectivity index (χ4v) is 2.16. The summed E-state index contributed by atoms with van der Waals surface area (Å²) < 4.78 is 7.17. The number of aromatic nitrogens is 2. The molecule has 102 valence electrons. The molecule has 1 aromatic heterocycles. The van der Waals surface area contributed by atoms with Gasteiger partial charge in [-0.3, -0.25) is 0 Å². The van der Waals surface area contributed by atoms with Gasteiger partial charge in [0.05, 0.1) is 18.5 Å². The molecule has 0 aliphatic rings. The number of hydrogen-bond donors (Lipinski definition) is 1. The zero-order valence-electron chi connectivity index (χ0n) is 12.0. The van der Waals surface area contributed by atoms with Crippen molar-refractivity contribution in [1.82, 2.24) is 15.1 Å². The Hall–Kier alpha value is -1.81. The Morgan fingerprint density at radius 2 is 1.89 bits per heavy atom. The molecule has 4 nitrogen and oxygen atoms in total. The van der Waals surface area contributed by atoms with Gasteiger partial charge in [-0.1, -0.05) is 6.92 Å². The molecule has 0 atom stereocenters. The van der Waals surface area contributed by atoms with Crippen LogP contribution < -0.4 is 10.1 Å². The summed E-state index contributed by atoms with van der Waals surface area (Å²) in [6, 6.07) is 7.95. The first-order chi connectivity index (χ1) is 9.17. The quantitative estimate of drug-likeness (QED) is 0.897. The lowest BCUT2D eigenvalue weighted by atomic mass is 10.2. The largest absolute Gasteiger partial charge is 0.497 e. The molecule has 1 aromatic carbocycles. The van der Waals surface area contributed by atoms with Crippen LogP contribution in [-0.2, 0) is 6.54 Å². The normalized spacial score (nSPS) is 10.7. The number of ether oxygens (including phenoxy) is 1. The lowest BCUT2D eigenvalue weighted by Crippen LogP contribution is -2.13. The molecular weight excluding hydrogens is 238 g/mol. The van der Waals surface area contributed by atoms with Crippen LogP contribution in [0.4, 0.5) is 0 Å². The molecule has 0 saturated heterocycles. The van der Waals surface area contributed by atoms with Crippen LogP contribution in [0.3, 0.4) is 0 Å². The number of benzene rings is 1. The molecular formula is C15H21N3O. The standard InChI is InChI=1S/C15H21N3O/c1-5-16-10-15-11(2)17-18(12(15)3)13-6-8-14(19-4)9-7-13/h6-9,16H,5,10H2,1-4H3. The third-order valence-electron chi connectivity index (χ3n) is 3.31. The van der Waals surface area contributed by atoms with Crippen molar-refractivity contribution in [2.75, 3.05) is 13.7 Å². The van der Waals surface area contributed by atoms with Gasteiger partial charge in [-0.15, -0.1) is 0 Å². The average Bonchev–Trinajstić information content (AvgIpc) is 2.72. The van der Waals surface area contributed by atoms with Crippen LogP contribution in [0.1, 0.15) is 23.9 Å². The van der Waals surface area contributed by atoms with E-state index in [1.807, 2.05) is 28.9 Å². The van der Waals surface area contributed by atoms with Gasteiger partial charge in [0.15, 0.2) is 0 Å². The van der Waals surface area contributed by atoms with E-state index in [0.717, 1.165) is 30.2 Å². The van der Waals surface area contributed by atoms with E-state index in [2.05, 4.69) is 31.2 Å². The minimum atomic E-state index is 0.859. The van der Waals surface area contributed by atoms with E-state index in [-0.39, 0.29) is 0 Å². The van der Waals surface area contributed by atoms with Gasteiger partial charge < -0.3 is 10.1 Å². The highest BCUT2D eigenvalue weighted by atomic mass is 16.5. The maximum absolute atomic E-state index is 5.18. The van der Waals surface area contributed by atoms with Crippen LogP contribution in [0.2, 0.25) is 0 Å². The molecule has 0 radical (unpaired) electrons. The first-order valence-corrected chi connectivity index (χ1v) is 6.57. The summed E-state index contributed by atoms with van der Waals surface area (Å²) in [7, 11) is 1.67. The molecule has 0 aliphatic heterocycles. The number of nitrogens with zero attached hydrogens (tertiary/aromatic N) is 2. The van der Waals surface area contributed by atoms with Crippen LogP contribution >= 0.6 is 0 Å². The molecule has 4 heteroatoms. The van der Waals surface area contributed by atoms with Gasteiger partial charge in [0.1, 0.15) is 5.75 Å². The summed E-state index contributed by atoms with van der Waals surface area (Å²) in [4.78, 5) is 0. The minimum absolute atomic E-state index is 0.859. The van der Waals surface area contributed by atoms with Gasteiger partial charge in [0, 0.05) is 17.8 Å². The zero-order valence-corrected chi connectivity index (χ0v) is 12.0. The molecule has 1 N–H and O–H groups in total. The SMILES string of the molecule is CCNCc1c(C)nn(-c2ccc(OC)cc2)c1C. The van der Waals surface area contributed by atoms with Crippen LogP contribution in [0.5, 0.6) is 5.75 Å². The second-order valence-electron chi connectivity index (χ2n) is 4.54. The van der Waals surface area contributed by atoms with E-state index in [1.54, 1.807) is 7.11 Å². The van der Waals surface area contributed by atoms with E-state index in [0.29, 0.717) is 0 Å². The fraction of sp³-hybridized carbons (Fsp3) is 0.400. The Morgan fingerprint density at radius 3 is 2.47 bits per heavy atom. The Balaban J connectivity index is 2.33. The van der Waals surface area contributed by atoms with Gasteiger partial charge in [-0.25, -0.2) is 4.68 Å². The number of hydrogen-bond acceptors (Lipinski definition) is 3. The van der Waals surface area contributed by atoms with Gasteiger partial charge in [-0.05, 0) is 44.7 Å². The van der Waals surface area contributed by atoms with Crippen LogP contribution in [0, 0.1) is 13.8 Å². The predicted molar refractivity (Wildman–Crippen MR) is 77.0 cm³/mol.